The van der Waals surface area contributed by atoms with E-state index in [1.165, 1.54) is 0 Å². The van der Waals surface area contributed by atoms with Crippen LogP contribution < -0.4 is 0 Å². The lowest BCUT2D eigenvalue weighted by atomic mass is 9.71. The molecule has 3 rings (SSSR count). The number of rotatable bonds is 5. The minimum Gasteiger partial charge on any atom is -0.393 e. The molecule has 3 aliphatic rings. The van der Waals surface area contributed by atoms with Crippen LogP contribution in [0.1, 0.15) is 70.6 Å². The normalized spacial score (nSPS) is 40.0. The molecule has 29 heavy (non-hydrogen) atoms. The van der Waals surface area contributed by atoms with E-state index in [0.717, 1.165) is 0 Å². The van der Waals surface area contributed by atoms with Gasteiger partial charge in [0.1, 0.15) is 0 Å². The molecule has 4 nitrogen and oxygen atoms in total. The van der Waals surface area contributed by atoms with Gasteiger partial charge in [-0.2, -0.15) is 8.78 Å². The van der Waals surface area contributed by atoms with E-state index in [9.17, 15) is 32.2 Å². The summed E-state index contributed by atoms with van der Waals surface area (Å²) in [6.45, 7) is 0. The second kappa shape index (κ2) is 9.32. The molecule has 0 amide bonds. The maximum atomic E-state index is 14.5. The van der Waals surface area contributed by atoms with E-state index in [1.807, 2.05) is 0 Å². The van der Waals surface area contributed by atoms with Gasteiger partial charge in [-0.05, 0) is 82.5 Å². The highest BCUT2D eigenvalue weighted by molar-refractivity contribution is 4.87. The van der Waals surface area contributed by atoms with Gasteiger partial charge in [-0.25, -0.2) is 0 Å². The Morgan fingerprint density at radius 3 is 1.79 bits per heavy atom. The van der Waals surface area contributed by atoms with Crippen molar-refractivity contribution in [3.05, 3.63) is 0 Å². The molecule has 170 valence electrons. The maximum absolute atomic E-state index is 14.5. The van der Waals surface area contributed by atoms with E-state index in [0.29, 0.717) is 44.9 Å². The zero-order chi connectivity index (χ0) is 21.2. The first kappa shape index (κ1) is 23.2. The quantitative estimate of drug-likeness (QED) is 0.617. The fraction of sp³-hybridized carbons (Fsp3) is 1.00. The van der Waals surface area contributed by atoms with Crippen LogP contribution in [0, 0.1) is 17.8 Å². The van der Waals surface area contributed by atoms with Crippen LogP contribution >= 0.6 is 0 Å². The molecule has 0 aromatic rings. The van der Waals surface area contributed by atoms with E-state index in [4.69, 9.17) is 4.74 Å². The lowest BCUT2D eigenvalue weighted by molar-refractivity contribution is -0.355. The second-order valence-corrected chi connectivity index (χ2v) is 8.96. The van der Waals surface area contributed by atoms with Gasteiger partial charge in [0.05, 0.1) is 30.3 Å². The number of aliphatic hydroxyl groups is 2. The van der Waals surface area contributed by atoms with Crippen LogP contribution in [0.4, 0.5) is 22.0 Å². The summed E-state index contributed by atoms with van der Waals surface area (Å²) in [4.78, 5) is 0. The Hall–Kier alpha value is -0.510. The minimum absolute atomic E-state index is 0.0828. The number of hydrogen-bond donors (Lipinski definition) is 2. The molecule has 3 fully saturated rings. The lowest BCUT2D eigenvalue weighted by Crippen LogP contribution is -2.42. The standard InChI is InChI=1S/C20H31F5O4/c21-19(22,14-4-6-15(26)7-5-14)28-16-8-1-12(2-9-16)13-3-10-18(17(27)11-13)29-20(23,24)25/h12-18,26-27H,1-11H2. The van der Waals surface area contributed by atoms with Crippen LogP contribution in [0.15, 0.2) is 0 Å². The Bertz CT molecular complexity index is 513. The number of aliphatic hydroxyl groups excluding tert-OH is 2. The van der Waals surface area contributed by atoms with Crippen molar-refractivity contribution in [3.8, 4) is 0 Å². The summed E-state index contributed by atoms with van der Waals surface area (Å²) in [6.07, 6.45) is -6.83. The Balaban J connectivity index is 1.42. The highest BCUT2D eigenvalue weighted by Gasteiger charge is 2.46. The number of hydrogen-bond acceptors (Lipinski definition) is 4. The van der Waals surface area contributed by atoms with E-state index in [-0.39, 0.29) is 37.5 Å². The number of alkyl halides is 5. The van der Waals surface area contributed by atoms with Crippen molar-refractivity contribution in [2.45, 2.75) is 108 Å². The van der Waals surface area contributed by atoms with Crippen molar-refractivity contribution in [2.24, 2.45) is 17.8 Å². The second-order valence-electron chi connectivity index (χ2n) is 8.96. The van der Waals surface area contributed by atoms with Crippen LogP contribution in [0.2, 0.25) is 0 Å². The Morgan fingerprint density at radius 2 is 1.24 bits per heavy atom. The predicted molar refractivity (Wildman–Crippen MR) is 94.0 cm³/mol. The van der Waals surface area contributed by atoms with E-state index in [1.54, 1.807) is 0 Å². The Morgan fingerprint density at radius 1 is 0.655 bits per heavy atom. The summed E-state index contributed by atoms with van der Waals surface area (Å²) in [5.74, 6) is -0.572. The summed E-state index contributed by atoms with van der Waals surface area (Å²) in [5, 5.41) is 19.5. The number of halogens is 5. The summed E-state index contributed by atoms with van der Waals surface area (Å²) >= 11 is 0. The van der Waals surface area contributed by atoms with E-state index >= 15 is 0 Å². The Labute approximate surface area is 167 Å². The van der Waals surface area contributed by atoms with Crippen molar-refractivity contribution in [1.82, 2.24) is 0 Å². The van der Waals surface area contributed by atoms with Crippen LogP contribution in [0.25, 0.3) is 0 Å². The first-order chi connectivity index (χ1) is 13.5. The molecule has 0 bridgehead atoms. The molecule has 3 unspecified atom stereocenters. The van der Waals surface area contributed by atoms with E-state index in [2.05, 4.69) is 4.74 Å². The average molecular weight is 430 g/mol. The van der Waals surface area contributed by atoms with Gasteiger partial charge >= 0.3 is 12.5 Å². The summed E-state index contributed by atoms with van der Waals surface area (Å²) in [5.41, 5.74) is 0. The molecule has 9 heteroatoms. The molecule has 3 aliphatic carbocycles. The summed E-state index contributed by atoms with van der Waals surface area (Å²) < 4.78 is 75.2. The molecule has 2 N–H and O–H groups in total. The zero-order valence-electron chi connectivity index (χ0n) is 16.4. The van der Waals surface area contributed by atoms with Gasteiger partial charge in [-0.3, -0.25) is 4.74 Å². The van der Waals surface area contributed by atoms with Gasteiger partial charge in [0, 0.05) is 0 Å². The monoisotopic (exact) mass is 430 g/mol. The third-order valence-corrected chi connectivity index (χ3v) is 6.96. The zero-order valence-corrected chi connectivity index (χ0v) is 16.4. The first-order valence-corrected chi connectivity index (χ1v) is 10.7. The van der Waals surface area contributed by atoms with Crippen molar-refractivity contribution in [3.63, 3.8) is 0 Å². The lowest BCUT2D eigenvalue weighted by Gasteiger charge is -2.41. The highest BCUT2D eigenvalue weighted by atomic mass is 19.4. The van der Waals surface area contributed by atoms with Crippen LogP contribution in [0.3, 0.4) is 0 Å². The first-order valence-electron chi connectivity index (χ1n) is 10.7. The molecule has 3 saturated carbocycles. The summed E-state index contributed by atoms with van der Waals surface area (Å²) in [7, 11) is 0. The topological polar surface area (TPSA) is 58.9 Å². The van der Waals surface area contributed by atoms with Gasteiger partial charge in [-0.15, -0.1) is 13.2 Å². The van der Waals surface area contributed by atoms with Gasteiger partial charge in [0.2, 0.25) is 0 Å². The molecular weight excluding hydrogens is 399 g/mol. The third kappa shape index (κ3) is 6.48. The van der Waals surface area contributed by atoms with Crippen LogP contribution in [0.5, 0.6) is 0 Å². The van der Waals surface area contributed by atoms with Crippen LogP contribution in [-0.2, 0) is 9.47 Å². The van der Waals surface area contributed by atoms with Crippen molar-refractivity contribution >= 4 is 0 Å². The summed E-state index contributed by atoms with van der Waals surface area (Å²) in [6, 6.07) is 0. The van der Waals surface area contributed by atoms with Crippen molar-refractivity contribution in [2.75, 3.05) is 0 Å². The highest BCUT2D eigenvalue weighted by Crippen LogP contribution is 2.44. The van der Waals surface area contributed by atoms with Gasteiger partial charge in [0.15, 0.2) is 0 Å². The van der Waals surface area contributed by atoms with Crippen molar-refractivity contribution < 1.29 is 41.6 Å². The average Bonchev–Trinajstić information content (AvgIpc) is 2.63. The fourth-order valence-electron chi connectivity index (χ4n) is 5.30. The molecule has 0 heterocycles. The van der Waals surface area contributed by atoms with Gasteiger partial charge in [0.25, 0.3) is 0 Å². The molecule has 0 spiro atoms. The van der Waals surface area contributed by atoms with Crippen molar-refractivity contribution in [1.29, 1.82) is 0 Å². The molecule has 0 aliphatic heterocycles. The molecular formula is C20H31F5O4. The molecule has 0 aromatic carbocycles. The van der Waals surface area contributed by atoms with E-state index < -0.39 is 42.8 Å². The Kier molecular flexibility index (Phi) is 7.44. The largest absolute Gasteiger partial charge is 0.522 e. The molecule has 0 radical (unpaired) electrons. The fourth-order valence-corrected chi connectivity index (χ4v) is 5.30. The predicted octanol–water partition coefficient (Wildman–Crippen LogP) is 4.77. The van der Waals surface area contributed by atoms with Gasteiger partial charge < -0.3 is 14.9 Å². The SMILES string of the molecule is OC1CCC(C(F)(F)OC2CCC(C3CCC(OC(F)(F)F)C(O)C3)CC2)CC1. The molecule has 0 aromatic heterocycles. The van der Waals surface area contributed by atoms with Gasteiger partial charge in [-0.1, -0.05) is 0 Å². The third-order valence-electron chi connectivity index (χ3n) is 6.96. The molecule has 0 saturated heterocycles. The maximum Gasteiger partial charge on any atom is 0.522 e. The number of ether oxygens (including phenoxy) is 2. The molecule has 3 atom stereocenters. The smallest absolute Gasteiger partial charge is 0.393 e. The minimum atomic E-state index is -4.75. The van der Waals surface area contributed by atoms with Crippen LogP contribution in [-0.4, -0.2) is 47.1 Å².